The van der Waals surface area contributed by atoms with Gasteiger partial charge in [0.05, 0.1) is 25.1 Å². The van der Waals surface area contributed by atoms with Crippen LogP contribution >= 0.6 is 0 Å². The lowest BCUT2D eigenvalue weighted by atomic mass is 10.3. The molecular formula is C12H14FN3O4S. The molecule has 0 saturated carbocycles. The number of anilines is 1. The summed E-state index contributed by atoms with van der Waals surface area (Å²) in [5.41, 5.74) is 0.437. The van der Waals surface area contributed by atoms with Crippen LogP contribution in [0.25, 0.3) is 0 Å². The van der Waals surface area contributed by atoms with E-state index in [1.165, 1.54) is 26.2 Å². The molecule has 0 amide bonds. The number of nitrogens with one attached hydrogen (secondary N) is 2. The molecule has 0 unspecified atom stereocenters. The Morgan fingerprint density at radius 2 is 2.19 bits per heavy atom. The van der Waals surface area contributed by atoms with Gasteiger partial charge in [0, 0.05) is 6.07 Å². The normalized spacial score (nSPS) is 11.4. The number of rotatable bonds is 5. The van der Waals surface area contributed by atoms with E-state index in [9.17, 15) is 12.8 Å². The minimum Gasteiger partial charge on any atom is -0.494 e. The number of aromatic nitrogens is 2. The van der Waals surface area contributed by atoms with Crippen LogP contribution in [0.5, 0.6) is 5.75 Å². The summed E-state index contributed by atoms with van der Waals surface area (Å²) in [7, 11) is -2.68. The van der Waals surface area contributed by atoms with Gasteiger partial charge < -0.3 is 9.84 Å². The predicted molar refractivity (Wildman–Crippen MR) is 73.0 cm³/mol. The van der Waals surface area contributed by atoms with Crippen molar-refractivity contribution in [3.8, 4) is 5.75 Å². The van der Waals surface area contributed by atoms with Gasteiger partial charge in [0.15, 0.2) is 11.6 Å². The van der Waals surface area contributed by atoms with Crippen molar-refractivity contribution in [3.63, 3.8) is 0 Å². The molecule has 9 heteroatoms. The Morgan fingerprint density at radius 3 is 2.81 bits per heavy atom. The minimum atomic E-state index is -3.96. The van der Waals surface area contributed by atoms with Crippen LogP contribution in [0.3, 0.4) is 0 Å². The fourth-order valence-corrected chi connectivity index (χ4v) is 3.27. The van der Waals surface area contributed by atoms with E-state index in [-0.39, 0.29) is 22.0 Å². The van der Waals surface area contributed by atoms with Gasteiger partial charge in [0.1, 0.15) is 10.6 Å². The van der Waals surface area contributed by atoms with Gasteiger partial charge in [-0.2, -0.15) is 5.10 Å². The number of aliphatic hydroxyl groups is 1. The highest BCUT2D eigenvalue weighted by atomic mass is 32.2. The summed E-state index contributed by atoms with van der Waals surface area (Å²) in [6, 6.07) is 3.58. The van der Waals surface area contributed by atoms with Crippen LogP contribution in [0.4, 0.5) is 10.1 Å². The minimum absolute atomic E-state index is 0.00840. The van der Waals surface area contributed by atoms with Gasteiger partial charge in [0.25, 0.3) is 10.0 Å². The molecule has 21 heavy (non-hydrogen) atoms. The van der Waals surface area contributed by atoms with E-state index < -0.39 is 22.4 Å². The molecule has 1 heterocycles. The molecule has 0 aliphatic carbocycles. The van der Waals surface area contributed by atoms with E-state index in [0.29, 0.717) is 5.69 Å². The molecular weight excluding hydrogens is 301 g/mol. The number of aromatic amines is 1. The van der Waals surface area contributed by atoms with E-state index in [2.05, 4.69) is 14.9 Å². The van der Waals surface area contributed by atoms with Gasteiger partial charge in [0.2, 0.25) is 0 Å². The molecule has 0 aliphatic heterocycles. The summed E-state index contributed by atoms with van der Waals surface area (Å²) in [4.78, 5) is -0.131. The van der Waals surface area contributed by atoms with E-state index in [0.717, 1.165) is 6.07 Å². The monoisotopic (exact) mass is 315 g/mol. The van der Waals surface area contributed by atoms with Crippen molar-refractivity contribution in [2.24, 2.45) is 0 Å². The summed E-state index contributed by atoms with van der Waals surface area (Å²) in [5, 5.41) is 15.3. The Hall–Kier alpha value is -2.13. The number of halogens is 1. The standard InChI is InChI=1S/C12H14FN3O4S/c1-7-12(10(6-17)15-14-7)21(18,19)16-8-3-4-9(13)11(5-8)20-2/h3-5,16-17H,6H2,1-2H3,(H,14,15). The average Bonchev–Trinajstić information content (AvgIpc) is 2.82. The zero-order valence-electron chi connectivity index (χ0n) is 11.3. The first-order chi connectivity index (χ1) is 9.89. The van der Waals surface area contributed by atoms with Gasteiger partial charge in [-0.25, -0.2) is 12.8 Å². The quantitative estimate of drug-likeness (QED) is 0.768. The van der Waals surface area contributed by atoms with Gasteiger partial charge in [-0.3, -0.25) is 9.82 Å². The van der Waals surface area contributed by atoms with Crippen molar-refractivity contribution >= 4 is 15.7 Å². The smallest absolute Gasteiger partial charge is 0.265 e. The molecule has 114 valence electrons. The SMILES string of the molecule is COc1cc(NS(=O)(=O)c2c(CO)n[nH]c2C)ccc1F. The predicted octanol–water partition coefficient (Wildman–Crippen LogP) is 1.16. The van der Waals surface area contributed by atoms with Crippen molar-refractivity contribution in [1.29, 1.82) is 0 Å². The summed E-state index contributed by atoms with van der Waals surface area (Å²) in [6.07, 6.45) is 0. The molecule has 0 aliphatic rings. The first-order valence-corrected chi connectivity index (χ1v) is 7.38. The van der Waals surface area contributed by atoms with Crippen LogP contribution in [-0.2, 0) is 16.6 Å². The highest BCUT2D eigenvalue weighted by Gasteiger charge is 2.24. The number of sulfonamides is 1. The second-order valence-electron chi connectivity index (χ2n) is 4.24. The van der Waals surface area contributed by atoms with Crippen LogP contribution in [0.2, 0.25) is 0 Å². The molecule has 3 N–H and O–H groups in total. The second-order valence-corrected chi connectivity index (χ2v) is 5.86. The number of ether oxygens (including phenoxy) is 1. The third kappa shape index (κ3) is 2.98. The third-order valence-electron chi connectivity index (χ3n) is 2.78. The molecule has 0 atom stereocenters. The van der Waals surface area contributed by atoms with Crippen molar-refractivity contribution in [1.82, 2.24) is 10.2 Å². The fraction of sp³-hybridized carbons (Fsp3) is 0.250. The largest absolute Gasteiger partial charge is 0.494 e. The topological polar surface area (TPSA) is 104 Å². The Morgan fingerprint density at radius 1 is 1.48 bits per heavy atom. The molecule has 2 aromatic rings. The van der Waals surface area contributed by atoms with Crippen LogP contribution in [0, 0.1) is 12.7 Å². The van der Waals surface area contributed by atoms with Crippen molar-refractivity contribution in [3.05, 3.63) is 35.4 Å². The molecule has 0 radical (unpaired) electrons. The van der Waals surface area contributed by atoms with Crippen molar-refractivity contribution in [2.75, 3.05) is 11.8 Å². The van der Waals surface area contributed by atoms with Crippen LogP contribution in [0.15, 0.2) is 23.1 Å². The average molecular weight is 315 g/mol. The molecule has 1 aromatic carbocycles. The van der Waals surface area contributed by atoms with Crippen LogP contribution in [0.1, 0.15) is 11.4 Å². The van der Waals surface area contributed by atoms with Gasteiger partial charge in [-0.15, -0.1) is 0 Å². The number of benzene rings is 1. The second kappa shape index (κ2) is 5.70. The van der Waals surface area contributed by atoms with Gasteiger partial charge in [-0.1, -0.05) is 0 Å². The first kappa shape index (κ1) is 15.3. The van der Waals surface area contributed by atoms with E-state index in [1.807, 2.05) is 0 Å². The number of hydrogen-bond donors (Lipinski definition) is 3. The highest BCUT2D eigenvalue weighted by molar-refractivity contribution is 7.92. The number of methoxy groups -OCH3 is 1. The molecule has 7 nitrogen and oxygen atoms in total. The molecule has 0 spiro atoms. The lowest BCUT2D eigenvalue weighted by Crippen LogP contribution is -2.15. The number of hydrogen-bond acceptors (Lipinski definition) is 5. The number of nitrogens with zero attached hydrogens (tertiary/aromatic N) is 1. The number of H-pyrrole nitrogens is 1. The lowest BCUT2D eigenvalue weighted by Gasteiger charge is -2.10. The van der Waals surface area contributed by atoms with Crippen LogP contribution in [-0.4, -0.2) is 30.8 Å². The summed E-state index contributed by atoms with van der Waals surface area (Å²) in [5.74, 6) is -0.683. The van der Waals surface area contributed by atoms with E-state index in [4.69, 9.17) is 9.84 Å². The highest BCUT2D eigenvalue weighted by Crippen LogP contribution is 2.25. The zero-order valence-corrected chi connectivity index (χ0v) is 12.2. The molecule has 1 aromatic heterocycles. The molecule has 0 bridgehead atoms. The molecule has 0 fully saturated rings. The summed E-state index contributed by atoms with van der Waals surface area (Å²) < 4.78 is 45.1. The van der Waals surface area contributed by atoms with Crippen molar-refractivity contribution < 1.29 is 22.7 Å². The summed E-state index contributed by atoms with van der Waals surface area (Å²) in [6.45, 7) is 0.999. The maximum absolute atomic E-state index is 13.3. The number of aliphatic hydroxyl groups excluding tert-OH is 1. The zero-order chi connectivity index (χ0) is 15.6. The third-order valence-corrected chi connectivity index (χ3v) is 4.37. The van der Waals surface area contributed by atoms with Crippen molar-refractivity contribution in [2.45, 2.75) is 18.4 Å². The van der Waals surface area contributed by atoms with Gasteiger partial charge >= 0.3 is 0 Å². The summed E-state index contributed by atoms with van der Waals surface area (Å²) >= 11 is 0. The Kier molecular flexibility index (Phi) is 4.14. The Balaban J connectivity index is 2.40. The van der Waals surface area contributed by atoms with Gasteiger partial charge in [-0.05, 0) is 19.1 Å². The first-order valence-electron chi connectivity index (χ1n) is 5.90. The molecule has 2 rings (SSSR count). The molecule has 0 saturated heterocycles. The lowest BCUT2D eigenvalue weighted by molar-refractivity contribution is 0.273. The van der Waals surface area contributed by atoms with E-state index in [1.54, 1.807) is 0 Å². The Labute approximate surface area is 120 Å². The number of aryl methyl sites for hydroxylation is 1. The maximum Gasteiger partial charge on any atom is 0.265 e. The Bertz CT molecular complexity index is 758. The van der Waals surface area contributed by atoms with Crippen LogP contribution < -0.4 is 9.46 Å². The maximum atomic E-state index is 13.3. The fourth-order valence-electron chi connectivity index (χ4n) is 1.86. The van der Waals surface area contributed by atoms with E-state index >= 15 is 0 Å².